The maximum absolute atomic E-state index is 12.6. The Bertz CT molecular complexity index is 1320. The fourth-order valence-corrected chi connectivity index (χ4v) is 3.97. The van der Waals surface area contributed by atoms with Crippen LogP contribution in [0.2, 0.25) is 5.02 Å². The smallest absolute Gasteiger partial charge is 0.262 e. The highest BCUT2D eigenvalue weighted by Crippen LogP contribution is 2.46. The number of nitrogens with zero attached hydrogens (tertiary/aromatic N) is 2. The molecule has 1 aliphatic rings. The van der Waals surface area contributed by atoms with Gasteiger partial charge >= 0.3 is 0 Å². The molecule has 0 fully saturated rings. The molecule has 4 N–H and O–H groups in total. The minimum atomic E-state index is -0.617. The lowest BCUT2D eigenvalue weighted by Gasteiger charge is -2.25. The quantitative estimate of drug-likeness (QED) is 0.520. The lowest BCUT2D eigenvalue weighted by atomic mass is 9.83. The molecule has 3 aromatic rings. The van der Waals surface area contributed by atoms with Crippen LogP contribution in [-0.4, -0.2) is 22.7 Å². The summed E-state index contributed by atoms with van der Waals surface area (Å²) < 4.78 is 11.4. The molecule has 9 heteroatoms. The number of nitrogens with one attached hydrogen (secondary N) is 2. The predicted molar refractivity (Wildman–Crippen MR) is 124 cm³/mol. The Labute approximate surface area is 196 Å². The highest BCUT2D eigenvalue weighted by molar-refractivity contribution is 6.30. The van der Waals surface area contributed by atoms with E-state index in [-0.39, 0.29) is 29.9 Å². The third-order valence-corrected chi connectivity index (χ3v) is 5.67. The molecular weight excluding hydrogens is 442 g/mol. The first kappa shape index (κ1) is 22.2. The summed E-state index contributed by atoms with van der Waals surface area (Å²) in [6, 6.07) is 13.0. The molecule has 168 valence electrons. The molecule has 0 saturated carbocycles. The van der Waals surface area contributed by atoms with Crippen molar-refractivity contribution < 1.29 is 14.3 Å². The van der Waals surface area contributed by atoms with Gasteiger partial charge in [-0.25, -0.2) is 0 Å². The normalized spacial score (nSPS) is 14.8. The van der Waals surface area contributed by atoms with E-state index in [2.05, 4.69) is 21.6 Å². The molecule has 1 amide bonds. The van der Waals surface area contributed by atoms with Gasteiger partial charge in [0.1, 0.15) is 17.4 Å². The number of allylic oxidation sites excluding steroid dienone is 1. The largest absolute Gasteiger partial charge is 0.483 e. The number of aromatic amines is 1. The van der Waals surface area contributed by atoms with Gasteiger partial charge < -0.3 is 20.5 Å². The van der Waals surface area contributed by atoms with Crippen LogP contribution in [0.1, 0.15) is 33.9 Å². The van der Waals surface area contributed by atoms with Gasteiger partial charge in [-0.15, -0.1) is 5.10 Å². The second-order valence-corrected chi connectivity index (χ2v) is 8.27. The van der Waals surface area contributed by atoms with Crippen LogP contribution in [0.25, 0.3) is 0 Å². The molecule has 0 aliphatic carbocycles. The van der Waals surface area contributed by atoms with Gasteiger partial charge in [0.05, 0.1) is 5.92 Å². The number of H-pyrrole nitrogens is 1. The van der Waals surface area contributed by atoms with Gasteiger partial charge in [-0.3, -0.25) is 9.89 Å². The van der Waals surface area contributed by atoms with Gasteiger partial charge in [0, 0.05) is 27.5 Å². The van der Waals surface area contributed by atoms with Crippen molar-refractivity contribution >= 4 is 23.2 Å². The standard InChI is InChI=1S/C24H22ClN5O3/c1-12-4-5-13(2)18(8-12)28-20(31)11-32-19-7-6-15(25)9-16(19)22-17(10-26)23(27)33-24-21(22)14(3)29-30-24/h4-9,22H,11,27H2,1-3H3,(H,28,31)(H,29,30). The first-order chi connectivity index (χ1) is 15.8. The fraction of sp³-hybridized carbons (Fsp3) is 0.208. The van der Waals surface area contributed by atoms with Gasteiger partial charge in [0.15, 0.2) is 6.61 Å². The molecule has 0 radical (unpaired) electrons. The molecule has 33 heavy (non-hydrogen) atoms. The van der Waals surface area contributed by atoms with Crippen LogP contribution in [-0.2, 0) is 4.79 Å². The highest BCUT2D eigenvalue weighted by Gasteiger charge is 2.36. The first-order valence-corrected chi connectivity index (χ1v) is 10.6. The second kappa shape index (κ2) is 8.88. The van der Waals surface area contributed by atoms with Crippen LogP contribution in [0.5, 0.6) is 11.6 Å². The Hall–Kier alpha value is -3.96. The van der Waals surface area contributed by atoms with E-state index >= 15 is 0 Å². The molecule has 0 saturated heterocycles. The SMILES string of the molecule is Cc1ccc(C)c(NC(=O)COc2ccc(Cl)cc2C2C(C#N)=C(N)Oc3n[nH]c(C)c32)c1. The number of nitriles is 1. The maximum atomic E-state index is 12.6. The monoisotopic (exact) mass is 463 g/mol. The summed E-state index contributed by atoms with van der Waals surface area (Å²) in [4.78, 5) is 12.6. The minimum absolute atomic E-state index is 0.0416. The Morgan fingerprint density at radius 1 is 1.30 bits per heavy atom. The maximum Gasteiger partial charge on any atom is 0.262 e. The van der Waals surface area contributed by atoms with Gasteiger partial charge in [-0.2, -0.15) is 5.26 Å². The zero-order valence-electron chi connectivity index (χ0n) is 18.3. The molecule has 0 bridgehead atoms. The van der Waals surface area contributed by atoms with Crippen molar-refractivity contribution in [3.05, 3.63) is 80.8 Å². The number of halogens is 1. The molecular formula is C24H22ClN5O3. The topological polar surface area (TPSA) is 126 Å². The van der Waals surface area contributed by atoms with E-state index in [1.807, 2.05) is 39.0 Å². The Morgan fingerprint density at radius 3 is 2.85 bits per heavy atom. The Morgan fingerprint density at radius 2 is 2.09 bits per heavy atom. The number of carbonyl (C=O) groups excluding carboxylic acids is 1. The number of amides is 1. The van der Waals surface area contributed by atoms with Crippen LogP contribution in [0.15, 0.2) is 47.9 Å². The van der Waals surface area contributed by atoms with E-state index in [0.29, 0.717) is 27.6 Å². The number of hydrogen-bond donors (Lipinski definition) is 3. The number of anilines is 1. The number of carbonyl (C=O) groups is 1. The van der Waals surface area contributed by atoms with Crippen molar-refractivity contribution in [2.24, 2.45) is 5.73 Å². The number of rotatable bonds is 5. The van der Waals surface area contributed by atoms with Gasteiger partial charge in [0.25, 0.3) is 5.91 Å². The Kier molecular flexibility index (Phi) is 5.99. The van der Waals surface area contributed by atoms with Crippen molar-refractivity contribution in [2.45, 2.75) is 26.7 Å². The molecule has 1 aromatic heterocycles. The van der Waals surface area contributed by atoms with E-state index in [1.165, 1.54) is 0 Å². The lowest BCUT2D eigenvalue weighted by molar-refractivity contribution is -0.118. The van der Waals surface area contributed by atoms with Crippen LogP contribution in [0, 0.1) is 32.1 Å². The second-order valence-electron chi connectivity index (χ2n) is 7.83. The number of aromatic nitrogens is 2. The highest BCUT2D eigenvalue weighted by atomic mass is 35.5. The average Bonchev–Trinajstić information content (AvgIpc) is 3.14. The van der Waals surface area contributed by atoms with Crippen molar-refractivity contribution in [3.8, 4) is 17.7 Å². The summed E-state index contributed by atoms with van der Waals surface area (Å²) in [6.45, 7) is 5.46. The summed E-state index contributed by atoms with van der Waals surface area (Å²) in [5.41, 5.74) is 10.9. The summed E-state index contributed by atoms with van der Waals surface area (Å²) in [5.74, 6) is -0.289. The molecule has 1 atom stereocenters. The number of nitrogens with two attached hydrogens (primary N) is 1. The van der Waals surface area contributed by atoms with Gasteiger partial charge in [-0.05, 0) is 56.2 Å². The number of fused-ring (bicyclic) bond motifs is 1. The number of ether oxygens (including phenoxy) is 2. The molecule has 8 nitrogen and oxygen atoms in total. The van der Waals surface area contributed by atoms with E-state index in [9.17, 15) is 10.1 Å². The predicted octanol–water partition coefficient (Wildman–Crippen LogP) is 4.22. The van der Waals surface area contributed by atoms with E-state index in [1.54, 1.807) is 18.2 Å². The fourth-order valence-electron chi connectivity index (χ4n) is 3.79. The minimum Gasteiger partial charge on any atom is -0.483 e. The van der Waals surface area contributed by atoms with Crippen LogP contribution < -0.4 is 20.5 Å². The van der Waals surface area contributed by atoms with Crippen molar-refractivity contribution in [3.63, 3.8) is 0 Å². The van der Waals surface area contributed by atoms with Crippen molar-refractivity contribution in [2.75, 3.05) is 11.9 Å². The van der Waals surface area contributed by atoms with Crippen LogP contribution in [0.3, 0.4) is 0 Å². The molecule has 0 spiro atoms. The summed E-state index contributed by atoms with van der Waals surface area (Å²) in [7, 11) is 0. The first-order valence-electron chi connectivity index (χ1n) is 10.2. The van der Waals surface area contributed by atoms with Gasteiger partial charge in [0.2, 0.25) is 11.8 Å². The molecule has 4 rings (SSSR count). The van der Waals surface area contributed by atoms with Crippen LogP contribution >= 0.6 is 11.6 Å². The average molecular weight is 464 g/mol. The lowest BCUT2D eigenvalue weighted by Crippen LogP contribution is -2.23. The molecule has 2 aromatic carbocycles. The molecule has 2 heterocycles. The number of aryl methyl sites for hydroxylation is 3. The summed E-state index contributed by atoms with van der Waals surface area (Å²) in [6.07, 6.45) is 0. The van der Waals surface area contributed by atoms with E-state index in [4.69, 9.17) is 26.8 Å². The van der Waals surface area contributed by atoms with Crippen LogP contribution in [0.4, 0.5) is 5.69 Å². The van der Waals surface area contributed by atoms with Crippen molar-refractivity contribution in [1.82, 2.24) is 10.2 Å². The third-order valence-electron chi connectivity index (χ3n) is 5.44. The molecule has 1 unspecified atom stereocenters. The van der Waals surface area contributed by atoms with E-state index < -0.39 is 5.92 Å². The number of hydrogen-bond acceptors (Lipinski definition) is 6. The Balaban J connectivity index is 1.65. The zero-order valence-corrected chi connectivity index (χ0v) is 19.1. The van der Waals surface area contributed by atoms with Crippen molar-refractivity contribution in [1.29, 1.82) is 5.26 Å². The van der Waals surface area contributed by atoms with Gasteiger partial charge in [-0.1, -0.05) is 23.7 Å². The summed E-state index contributed by atoms with van der Waals surface area (Å²) in [5, 5.41) is 20.1. The molecule has 1 aliphatic heterocycles. The number of benzene rings is 2. The zero-order chi connectivity index (χ0) is 23.7. The third kappa shape index (κ3) is 4.36. The van der Waals surface area contributed by atoms with E-state index in [0.717, 1.165) is 16.8 Å². The summed E-state index contributed by atoms with van der Waals surface area (Å²) >= 11 is 6.29.